The number of para-hydroxylation sites is 1. The van der Waals surface area contributed by atoms with Crippen LogP contribution in [0.5, 0.6) is 5.75 Å². The van der Waals surface area contributed by atoms with Gasteiger partial charge in [0, 0.05) is 13.1 Å². The molecule has 1 fully saturated rings. The molecule has 7 heteroatoms. The molecular weight excluding hydrogens is 323 g/mol. The Labute approximate surface area is 146 Å². The van der Waals surface area contributed by atoms with E-state index in [1.54, 1.807) is 31.5 Å². The third-order valence-corrected chi connectivity index (χ3v) is 4.05. The summed E-state index contributed by atoms with van der Waals surface area (Å²) < 4.78 is 18.9. The monoisotopic (exact) mass is 344 g/mol. The van der Waals surface area contributed by atoms with Crippen molar-refractivity contribution in [3.8, 4) is 5.75 Å². The Hall–Kier alpha value is -2.70. The van der Waals surface area contributed by atoms with E-state index in [1.165, 1.54) is 18.6 Å². The Kier molecular flexibility index (Phi) is 5.42. The van der Waals surface area contributed by atoms with Gasteiger partial charge in [0.1, 0.15) is 0 Å². The van der Waals surface area contributed by atoms with Gasteiger partial charge in [0.15, 0.2) is 17.7 Å². The molecule has 6 nitrogen and oxygen atoms in total. The van der Waals surface area contributed by atoms with Crippen molar-refractivity contribution in [2.24, 2.45) is 0 Å². The largest absolute Gasteiger partial charge is 0.478 e. The van der Waals surface area contributed by atoms with E-state index in [1.807, 2.05) is 0 Å². The van der Waals surface area contributed by atoms with Crippen molar-refractivity contribution in [3.05, 3.63) is 42.5 Å². The number of amides is 1. The lowest BCUT2D eigenvalue weighted by Crippen LogP contribution is -2.32. The van der Waals surface area contributed by atoms with Crippen molar-refractivity contribution in [2.75, 3.05) is 23.3 Å². The van der Waals surface area contributed by atoms with Crippen LogP contribution < -0.4 is 15.0 Å². The highest BCUT2D eigenvalue weighted by atomic mass is 19.1. The molecule has 0 aliphatic carbocycles. The number of carbonyl (C=O) groups is 1. The number of rotatable bonds is 5. The number of hydrogen-bond acceptors (Lipinski definition) is 5. The fraction of sp³-hybridized carbons (Fsp3) is 0.389. The average molecular weight is 344 g/mol. The summed E-state index contributed by atoms with van der Waals surface area (Å²) in [7, 11) is 0. The first-order valence-electron chi connectivity index (χ1n) is 8.42. The van der Waals surface area contributed by atoms with Gasteiger partial charge in [-0.05, 0) is 38.3 Å². The predicted molar refractivity (Wildman–Crippen MR) is 93.2 cm³/mol. The molecule has 25 heavy (non-hydrogen) atoms. The first kappa shape index (κ1) is 17.1. The second kappa shape index (κ2) is 7.92. The molecule has 0 bridgehead atoms. The van der Waals surface area contributed by atoms with E-state index < -0.39 is 17.8 Å². The first-order chi connectivity index (χ1) is 12.1. The zero-order chi connectivity index (χ0) is 17.6. The number of nitrogens with one attached hydrogen (secondary N) is 1. The van der Waals surface area contributed by atoms with Crippen molar-refractivity contribution in [3.63, 3.8) is 0 Å². The van der Waals surface area contributed by atoms with Crippen LogP contribution in [0.25, 0.3) is 0 Å². The summed E-state index contributed by atoms with van der Waals surface area (Å²) in [5.74, 6) is -0.177. The van der Waals surface area contributed by atoms with Gasteiger partial charge < -0.3 is 15.0 Å². The molecule has 1 aliphatic heterocycles. The van der Waals surface area contributed by atoms with Crippen molar-refractivity contribution < 1.29 is 13.9 Å². The smallest absolute Gasteiger partial charge is 0.265 e. The molecule has 0 saturated carbocycles. The quantitative estimate of drug-likeness (QED) is 0.903. The first-order valence-corrected chi connectivity index (χ1v) is 8.42. The van der Waals surface area contributed by atoms with Crippen molar-refractivity contribution in [1.82, 2.24) is 9.97 Å². The summed E-state index contributed by atoms with van der Waals surface area (Å²) in [6.07, 6.45) is 5.83. The Morgan fingerprint density at radius 1 is 1.20 bits per heavy atom. The predicted octanol–water partition coefficient (Wildman–Crippen LogP) is 3.01. The molecular formula is C18H21FN4O2. The van der Waals surface area contributed by atoms with Gasteiger partial charge in [-0.15, -0.1) is 0 Å². The third kappa shape index (κ3) is 4.43. The number of benzene rings is 1. The van der Waals surface area contributed by atoms with Gasteiger partial charge in [0.25, 0.3) is 5.91 Å². The van der Waals surface area contributed by atoms with E-state index in [2.05, 4.69) is 20.2 Å². The fourth-order valence-electron chi connectivity index (χ4n) is 2.67. The number of anilines is 2. The molecule has 0 spiro atoms. The van der Waals surface area contributed by atoms with Gasteiger partial charge in [0.05, 0.1) is 18.1 Å². The zero-order valence-corrected chi connectivity index (χ0v) is 14.1. The molecule has 1 aliphatic rings. The number of piperidine rings is 1. The molecule has 1 aromatic heterocycles. The molecule has 2 aromatic rings. The van der Waals surface area contributed by atoms with Crippen LogP contribution in [0.15, 0.2) is 36.7 Å². The van der Waals surface area contributed by atoms with E-state index >= 15 is 0 Å². The summed E-state index contributed by atoms with van der Waals surface area (Å²) in [6, 6.07) is 5.98. The minimum absolute atomic E-state index is 0.0434. The third-order valence-electron chi connectivity index (χ3n) is 4.05. The van der Waals surface area contributed by atoms with Gasteiger partial charge in [-0.3, -0.25) is 4.79 Å². The van der Waals surface area contributed by atoms with Crippen LogP contribution in [0.3, 0.4) is 0 Å². The Balaban J connectivity index is 1.57. The van der Waals surface area contributed by atoms with E-state index in [4.69, 9.17) is 4.74 Å². The van der Waals surface area contributed by atoms with Gasteiger partial charge in [0.2, 0.25) is 5.95 Å². The maximum atomic E-state index is 13.6. The molecule has 0 radical (unpaired) electrons. The van der Waals surface area contributed by atoms with Crippen LogP contribution in [-0.2, 0) is 4.79 Å². The van der Waals surface area contributed by atoms with E-state index in [0.717, 1.165) is 25.9 Å². The molecule has 132 valence electrons. The number of ether oxygens (including phenoxy) is 1. The average Bonchev–Trinajstić information content (AvgIpc) is 2.65. The summed E-state index contributed by atoms with van der Waals surface area (Å²) in [5.41, 5.74) is 0.481. The maximum Gasteiger partial charge on any atom is 0.265 e. The molecule has 2 heterocycles. The van der Waals surface area contributed by atoms with Gasteiger partial charge in [-0.25, -0.2) is 14.4 Å². The fourth-order valence-corrected chi connectivity index (χ4v) is 2.67. The van der Waals surface area contributed by atoms with E-state index in [-0.39, 0.29) is 5.75 Å². The van der Waals surface area contributed by atoms with Crippen LogP contribution in [-0.4, -0.2) is 35.1 Å². The maximum absolute atomic E-state index is 13.6. The molecule has 1 atom stereocenters. The Morgan fingerprint density at radius 2 is 1.88 bits per heavy atom. The Bertz CT molecular complexity index is 717. The normalized spacial score (nSPS) is 15.5. The van der Waals surface area contributed by atoms with Crippen molar-refractivity contribution in [2.45, 2.75) is 32.3 Å². The van der Waals surface area contributed by atoms with Gasteiger partial charge in [-0.2, -0.15) is 0 Å². The minimum Gasteiger partial charge on any atom is -0.478 e. The van der Waals surface area contributed by atoms with Crippen LogP contribution in [0.1, 0.15) is 26.2 Å². The standard InChI is InChI=1S/C18H21FN4O2/c1-13(25-16-8-4-3-7-15(16)19)17(24)22-14-11-20-18(21-12-14)23-9-5-2-6-10-23/h3-4,7-8,11-13H,2,5-6,9-10H2,1H3,(H,22,24). The molecule has 1 aromatic carbocycles. The molecule has 1 N–H and O–H groups in total. The van der Waals surface area contributed by atoms with Crippen LogP contribution >= 0.6 is 0 Å². The van der Waals surface area contributed by atoms with Crippen LogP contribution in [0.4, 0.5) is 16.0 Å². The van der Waals surface area contributed by atoms with Gasteiger partial charge >= 0.3 is 0 Å². The molecule has 1 unspecified atom stereocenters. The Morgan fingerprint density at radius 3 is 2.56 bits per heavy atom. The highest BCUT2D eigenvalue weighted by Gasteiger charge is 2.18. The summed E-state index contributed by atoms with van der Waals surface area (Å²) >= 11 is 0. The van der Waals surface area contributed by atoms with E-state index in [9.17, 15) is 9.18 Å². The van der Waals surface area contributed by atoms with Crippen LogP contribution in [0.2, 0.25) is 0 Å². The van der Waals surface area contributed by atoms with Crippen molar-refractivity contribution >= 4 is 17.5 Å². The number of nitrogens with zero attached hydrogens (tertiary/aromatic N) is 3. The zero-order valence-electron chi connectivity index (χ0n) is 14.1. The topological polar surface area (TPSA) is 67.3 Å². The lowest BCUT2D eigenvalue weighted by molar-refractivity contribution is -0.122. The van der Waals surface area contributed by atoms with Crippen LogP contribution in [0, 0.1) is 5.82 Å². The number of carbonyl (C=O) groups excluding carboxylic acids is 1. The number of halogens is 1. The second-order valence-corrected chi connectivity index (χ2v) is 6.00. The molecule has 1 amide bonds. The number of hydrogen-bond donors (Lipinski definition) is 1. The second-order valence-electron chi connectivity index (χ2n) is 6.00. The van der Waals surface area contributed by atoms with E-state index in [0.29, 0.717) is 11.6 Å². The highest BCUT2D eigenvalue weighted by Crippen LogP contribution is 2.18. The molecule has 3 rings (SSSR count). The lowest BCUT2D eigenvalue weighted by Gasteiger charge is -2.26. The van der Waals surface area contributed by atoms with Crippen molar-refractivity contribution in [1.29, 1.82) is 0 Å². The highest BCUT2D eigenvalue weighted by molar-refractivity contribution is 5.93. The SMILES string of the molecule is CC(Oc1ccccc1F)C(=O)Nc1cnc(N2CCCCC2)nc1. The molecule has 1 saturated heterocycles. The summed E-state index contributed by atoms with van der Waals surface area (Å²) in [6.45, 7) is 3.48. The van der Waals surface area contributed by atoms with Gasteiger partial charge in [-0.1, -0.05) is 12.1 Å². The number of aromatic nitrogens is 2. The summed E-state index contributed by atoms with van der Waals surface area (Å²) in [4.78, 5) is 23.0. The lowest BCUT2D eigenvalue weighted by atomic mass is 10.1. The summed E-state index contributed by atoms with van der Waals surface area (Å²) in [5, 5.41) is 2.68. The minimum atomic E-state index is -0.848.